The number of nitrogens with zero attached hydrogens (tertiary/aromatic N) is 1. The minimum atomic E-state index is 0.776. The summed E-state index contributed by atoms with van der Waals surface area (Å²) in [7, 11) is 1.99. The second-order valence-electron chi connectivity index (χ2n) is 3.50. The van der Waals surface area contributed by atoms with Crippen LogP contribution >= 0.6 is 11.6 Å². The Morgan fingerprint density at radius 2 is 2.33 bits per heavy atom. The maximum Gasteiger partial charge on any atom is 0.0947 e. The van der Waals surface area contributed by atoms with Crippen LogP contribution in [0.5, 0.6) is 0 Å². The SMILES string of the molecule is Cn1cc(Cl)cc1CNCc1ccoc1. The van der Waals surface area contributed by atoms with Crippen LogP contribution in [-0.2, 0) is 20.1 Å². The summed E-state index contributed by atoms with van der Waals surface area (Å²) in [6, 6.07) is 3.91. The largest absolute Gasteiger partial charge is 0.472 e. The molecule has 0 aliphatic carbocycles. The van der Waals surface area contributed by atoms with Crippen molar-refractivity contribution in [2.75, 3.05) is 0 Å². The van der Waals surface area contributed by atoms with Gasteiger partial charge in [0.1, 0.15) is 0 Å². The molecule has 4 heteroatoms. The van der Waals surface area contributed by atoms with E-state index < -0.39 is 0 Å². The highest BCUT2D eigenvalue weighted by atomic mass is 35.5. The van der Waals surface area contributed by atoms with Gasteiger partial charge in [-0.1, -0.05) is 11.6 Å². The zero-order valence-corrected chi connectivity index (χ0v) is 9.29. The Morgan fingerprint density at radius 3 is 2.93 bits per heavy atom. The molecule has 0 fully saturated rings. The zero-order chi connectivity index (χ0) is 10.7. The minimum Gasteiger partial charge on any atom is -0.472 e. The van der Waals surface area contributed by atoms with Gasteiger partial charge >= 0.3 is 0 Å². The number of hydrogen-bond acceptors (Lipinski definition) is 2. The molecule has 0 aromatic carbocycles. The molecule has 0 spiro atoms. The molecule has 2 aromatic rings. The first kappa shape index (κ1) is 10.3. The number of halogens is 1. The third kappa shape index (κ3) is 2.64. The van der Waals surface area contributed by atoms with E-state index >= 15 is 0 Å². The number of aromatic nitrogens is 1. The second kappa shape index (κ2) is 4.55. The summed E-state index contributed by atoms with van der Waals surface area (Å²) in [6.45, 7) is 1.60. The van der Waals surface area contributed by atoms with E-state index in [4.69, 9.17) is 16.0 Å². The number of nitrogens with one attached hydrogen (secondary N) is 1. The first-order valence-electron chi connectivity index (χ1n) is 4.78. The van der Waals surface area contributed by atoms with Gasteiger partial charge in [-0.3, -0.25) is 0 Å². The molecule has 80 valence electrons. The third-order valence-electron chi connectivity index (χ3n) is 2.29. The summed E-state index contributed by atoms with van der Waals surface area (Å²) in [5.74, 6) is 0. The smallest absolute Gasteiger partial charge is 0.0947 e. The fraction of sp³-hybridized carbons (Fsp3) is 0.273. The fourth-order valence-electron chi connectivity index (χ4n) is 1.47. The quantitative estimate of drug-likeness (QED) is 0.865. The Kier molecular flexibility index (Phi) is 3.14. The average molecular weight is 225 g/mol. The molecule has 1 N–H and O–H groups in total. The van der Waals surface area contributed by atoms with E-state index in [1.54, 1.807) is 12.5 Å². The van der Waals surface area contributed by atoms with Gasteiger partial charge in [-0.25, -0.2) is 0 Å². The highest BCUT2D eigenvalue weighted by Gasteiger charge is 2.01. The lowest BCUT2D eigenvalue weighted by molar-refractivity contribution is 0.559. The summed E-state index contributed by atoms with van der Waals surface area (Å²) in [4.78, 5) is 0. The van der Waals surface area contributed by atoms with E-state index in [9.17, 15) is 0 Å². The van der Waals surface area contributed by atoms with Gasteiger partial charge in [-0.05, 0) is 12.1 Å². The van der Waals surface area contributed by atoms with Gasteiger partial charge in [0, 0.05) is 37.6 Å². The lowest BCUT2D eigenvalue weighted by Crippen LogP contribution is -2.14. The van der Waals surface area contributed by atoms with Crippen LogP contribution in [0.4, 0.5) is 0 Å². The lowest BCUT2D eigenvalue weighted by Gasteiger charge is -2.04. The van der Waals surface area contributed by atoms with Crippen LogP contribution in [-0.4, -0.2) is 4.57 Å². The van der Waals surface area contributed by atoms with Crippen molar-refractivity contribution < 1.29 is 4.42 Å². The van der Waals surface area contributed by atoms with Crippen LogP contribution in [0.1, 0.15) is 11.3 Å². The Hall–Kier alpha value is -1.19. The minimum absolute atomic E-state index is 0.776. The lowest BCUT2D eigenvalue weighted by atomic mass is 10.3. The third-order valence-corrected chi connectivity index (χ3v) is 2.50. The van der Waals surface area contributed by atoms with Gasteiger partial charge in [0.25, 0.3) is 0 Å². The maximum atomic E-state index is 5.88. The van der Waals surface area contributed by atoms with E-state index in [0.29, 0.717) is 0 Å². The van der Waals surface area contributed by atoms with Crippen LogP contribution in [0.25, 0.3) is 0 Å². The molecule has 3 nitrogen and oxygen atoms in total. The van der Waals surface area contributed by atoms with Crippen LogP contribution in [0.3, 0.4) is 0 Å². The molecule has 0 amide bonds. The molecule has 0 saturated carbocycles. The zero-order valence-electron chi connectivity index (χ0n) is 8.53. The van der Waals surface area contributed by atoms with E-state index in [1.165, 1.54) is 5.69 Å². The summed E-state index contributed by atoms with van der Waals surface area (Å²) >= 11 is 5.88. The predicted octanol–water partition coefficient (Wildman–Crippen LogP) is 2.56. The van der Waals surface area contributed by atoms with Crippen molar-refractivity contribution in [1.82, 2.24) is 9.88 Å². The predicted molar refractivity (Wildman–Crippen MR) is 59.7 cm³/mol. The molecule has 0 unspecified atom stereocenters. The topological polar surface area (TPSA) is 30.1 Å². The van der Waals surface area contributed by atoms with Crippen molar-refractivity contribution in [3.8, 4) is 0 Å². The standard InChI is InChI=1S/C11H13ClN2O/c1-14-7-10(12)4-11(14)6-13-5-9-2-3-15-8-9/h2-4,7-8,13H,5-6H2,1H3. The summed E-state index contributed by atoms with van der Waals surface area (Å²) in [5.41, 5.74) is 2.32. The summed E-state index contributed by atoms with van der Waals surface area (Å²) in [5, 5.41) is 4.09. The second-order valence-corrected chi connectivity index (χ2v) is 3.93. The summed E-state index contributed by atoms with van der Waals surface area (Å²) in [6.07, 6.45) is 5.32. The molecule has 0 atom stereocenters. The first-order chi connectivity index (χ1) is 7.25. The molecule has 0 bridgehead atoms. The van der Waals surface area contributed by atoms with Crippen molar-refractivity contribution in [3.63, 3.8) is 0 Å². The molecule has 0 aliphatic rings. The molecular formula is C11H13ClN2O. The van der Waals surface area contributed by atoms with Gasteiger partial charge in [0.2, 0.25) is 0 Å². The molecule has 2 heterocycles. The normalized spacial score (nSPS) is 10.8. The van der Waals surface area contributed by atoms with Gasteiger partial charge in [0.05, 0.1) is 17.5 Å². The Morgan fingerprint density at radius 1 is 1.47 bits per heavy atom. The van der Waals surface area contributed by atoms with Crippen molar-refractivity contribution in [2.45, 2.75) is 13.1 Å². The van der Waals surface area contributed by atoms with Crippen molar-refractivity contribution in [2.24, 2.45) is 7.05 Å². The number of aryl methyl sites for hydroxylation is 1. The monoisotopic (exact) mass is 224 g/mol. The van der Waals surface area contributed by atoms with E-state index in [1.807, 2.05) is 29.9 Å². The molecule has 2 rings (SSSR count). The van der Waals surface area contributed by atoms with Gasteiger partial charge in [0.15, 0.2) is 0 Å². The summed E-state index contributed by atoms with van der Waals surface area (Å²) < 4.78 is 7.00. The Bertz CT molecular complexity index is 420. The average Bonchev–Trinajstić information content (AvgIpc) is 2.77. The van der Waals surface area contributed by atoms with Crippen molar-refractivity contribution in [3.05, 3.63) is 47.1 Å². The fourth-order valence-corrected chi connectivity index (χ4v) is 1.74. The van der Waals surface area contributed by atoms with Crippen LogP contribution in [0, 0.1) is 0 Å². The highest BCUT2D eigenvalue weighted by molar-refractivity contribution is 6.30. The number of hydrogen-bond donors (Lipinski definition) is 1. The van der Waals surface area contributed by atoms with E-state index in [0.717, 1.165) is 23.7 Å². The highest BCUT2D eigenvalue weighted by Crippen LogP contribution is 2.12. The van der Waals surface area contributed by atoms with E-state index in [-0.39, 0.29) is 0 Å². The van der Waals surface area contributed by atoms with Gasteiger partial charge in [-0.15, -0.1) is 0 Å². The molecule has 0 aliphatic heterocycles. The van der Waals surface area contributed by atoms with Gasteiger partial charge < -0.3 is 14.3 Å². The van der Waals surface area contributed by atoms with Gasteiger partial charge in [-0.2, -0.15) is 0 Å². The van der Waals surface area contributed by atoms with Crippen molar-refractivity contribution in [1.29, 1.82) is 0 Å². The first-order valence-corrected chi connectivity index (χ1v) is 5.16. The van der Waals surface area contributed by atoms with Crippen LogP contribution < -0.4 is 5.32 Å². The van der Waals surface area contributed by atoms with Crippen LogP contribution in [0.2, 0.25) is 5.02 Å². The molecule has 0 saturated heterocycles. The Balaban J connectivity index is 1.86. The molecular weight excluding hydrogens is 212 g/mol. The van der Waals surface area contributed by atoms with Crippen LogP contribution in [0.15, 0.2) is 35.3 Å². The molecule has 2 aromatic heterocycles. The number of rotatable bonds is 4. The van der Waals surface area contributed by atoms with E-state index in [2.05, 4.69) is 5.32 Å². The molecule has 0 radical (unpaired) electrons. The van der Waals surface area contributed by atoms with Crippen molar-refractivity contribution >= 4 is 11.6 Å². The maximum absolute atomic E-state index is 5.88. The Labute approximate surface area is 93.6 Å². The molecule has 15 heavy (non-hydrogen) atoms. The number of furan rings is 1.